The maximum absolute atomic E-state index is 12.3. The second kappa shape index (κ2) is 7.68. The normalized spacial score (nSPS) is 15.8. The van der Waals surface area contributed by atoms with Crippen LogP contribution in [0.1, 0.15) is 31.4 Å². The number of rotatable bonds is 7. The van der Waals surface area contributed by atoms with E-state index in [2.05, 4.69) is 11.9 Å². The summed E-state index contributed by atoms with van der Waals surface area (Å²) in [6, 6.07) is 2.97. The van der Waals surface area contributed by atoms with Crippen LogP contribution in [0.5, 0.6) is 11.5 Å². The van der Waals surface area contributed by atoms with Crippen LogP contribution >= 0.6 is 0 Å². The van der Waals surface area contributed by atoms with Crippen molar-refractivity contribution >= 4 is 18.0 Å². The Morgan fingerprint density at radius 3 is 2.71 bits per heavy atom. The second-order valence-electron chi connectivity index (χ2n) is 5.40. The van der Waals surface area contributed by atoms with Gasteiger partial charge in [0.05, 0.1) is 6.61 Å². The molecule has 0 radical (unpaired) electrons. The van der Waals surface area contributed by atoms with Gasteiger partial charge in [0.25, 0.3) is 5.91 Å². The van der Waals surface area contributed by atoms with E-state index >= 15 is 0 Å². The Hall–Kier alpha value is -2.76. The first-order chi connectivity index (χ1) is 11.5. The lowest BCUT2D eigenvalue weighted by atomic mass is 10.0. The average molecular weight is 330 g/mol. The smallest absolute Gasteiger partial charge is 0.329 e. The van der Waals surface area contributed by atoms with E-state index in [1.54, 1.807) is 24.3 Å². The quantitative estimate of drug-likeness (QED) is 0.458. The Labute approximate surface area is 141 Å². The number of carbonyl (C=O) groups is 2. The number of imide groups is 1. The molecule has 6 heteroatoms. The summed E-state index contributed by atoms with van der Waals surface area (Å²) in [6.07, 6.45) is 4.42. The molecule has 0 atom stereocenters. The van der Waals surface area contributed by atoms with Gasteiger partial charge in [0.1, 0.15) is 5.70 Å². The summed E-state index contributed by atoms with van der Waals surface area (Å²) in [5, 5.41) is 12.8. The van der Waals surface area contributed by atoms with Gasteiger partial charge in [-0.2, -0.15) is 0 Å². The fraction of sp³-hybridized carbons (Fsp3) is 0.333. The van der Waals surface area contributed by atoms with Crippen LogP contribution in [0.2, 0.25) is 0 Å². The van der Waals surface area contributed by atoms with Crippen molar-refractivity contribution in [3.63, 3.8) is 0 Å². The molecule has 1 aromatic carbocycles. The number of ether oxygens (including phenoxy) is 1. The standard InChI is InChI=1S/C18H22N2O4/c1-4-7-13-9-12(11-15(16(13)21)24-6-3)10-14-17(22)20(8-5-2)18(23)19-14/h4,9-11,21H,1,5-8H2,2-3H3,(H,19,23)/b14-10+. The van der Waals surface area contributed by atoms with E-state index < -0.39 is 6.03 Å². The zero-order chi connectivity index (χ0) is 17.7. The first-order valence-corrected chi connectivity index (χ1v) is 7.95. The molecule has 1 fully saturated rings. The minimum absolute atomic E-state index is 0.0632. The summed E-state index contributed by atoms with van der Waals surface area (Å²) < 4.78 is 5.44. The van der Waals surface area contributed by atoms with Crippen LogP contribution in [-0.4, -0.2) is 35.1 Å². The van der Waals surface area contributed by atoms with Crippen molar-refractivity contribution in [2.45, 2.75) is 26.7 Å². The predicted molar refractivity (Wildman–Crippen MR) is 91.7 cm³/mol. The van der Waals surface area contributed by atoms with Gasteiger partial charge < -0.3 is 15.2 Å². The molecule has 1 heterocycles. The fourth-order valence-corrected chi connectivity index (χ4v) is 2.51. The monoisotopic (exact) mass is 330 g/mol. The summed E-state index contributed by atoms with van der Waals surface area (Å²) in [7, 11) is 0. The van der Waals surface area contributed by atoms with Gasteiger partial charge in [0, 0.05) is 12.1 Å². The maximum Gasteiger partial charge on any atom is 0.329 e. The number of urea groups is 1. The molecular formula is C18H22N2O4. The van der Waals surface area contributed by atoms with Crippen molar-refractivity contribution in [3.8, 4) is 11.5 Å². The Bertz CT molecular complexity index is 695. The van der Waals surface area contributed by atoms with Crippen molar-refractivity contribution in [1.82, 2.24) is 10.2 Å². The van der Waals surface area contributed by atoms with Crippen LogP contribution in [0.4, 0.5) is 4.79 Å². The maximum atomic E-state index is 12.3. The number of hydrogen-bond acceptors (Lipinski definition) is 4. The highest BCUT2D eigenvalue weighted by Gasteiger charge is 2.32. The molecule has 1 aliphatic heterocycles. The molecule has 0 aliphatic carbocycles. The molecule has 0 spiro atoms. The zero-order valence-electron chi connectivity index (χ0n) is 14.0. The summed E-state index contributed by atoms with van der Waals surface area (Å²) in [6.45, 7) is 8.18. The number of allylic oxidation sites excluding steroid dienone is 1. The van der Waals surface area contributed by atoms with Crippen LogP contribution in [0.3, 0.4) is 0 Å². The number of nitrogens with zero attached hydrogens (tertiary/aromatic N) is 1. The third kappa shape index (κ3) is 3.59. The van der Waals surface area contributed by atoms with E-state index in [9.17, 15) is 14.7 Å². The number of benzene rings is 1. The van der Waals surface area contributed by atoms with Gasteiger partial charge in [0.15, 0.2) is 11.5 Å². The number of amides is 3. The highest BCUT2D eigenvalue weighted by Crippen LogP contribution is 2.33. The average Bonchev–Trinajstić information content (AvgIpc) is 2.80. The van der Waals surface area contributed by atoms with Crippen molar-refractivity contribution in [2.75, 3.05) is 13.2 Å². The van der Waals surface area contributed by atoms with Gasteiger partial charge in [0.2, 0.25) is 0 Å². The van der Waals surface area contributed by atoms with Crippen LogP contribution in [0.15, 0.2) is 30.5 Å². The van der Waals surface area contributed by atoms with E-state index in [-0.39, 0.29) is 17.4 Å². The number of aromatic hydroxyl groups is 1. The lowest BCUT2D eigenvalue weighted by Gasteiger charge is -2.11. The van der Waals surface area contributed by atoms with E-state index in [0.717, 1.165) is 0 Å². The van der Waals surface area contributed by atoms with Gasteiger partial charge in [-0.3, -0.25) is 9.69 Å². The van der Waals surface area contributed by atoms with Crippen molar-refractivity contribution in [3.05, 3.63) is 41.6 Å². The van der Waals surface area contributed by atoms with Gasteiger partial charge in [-0.25, -0.2) is 4.79 Å². The Balaban J connectivity index is 2.39. The molecule has 0 unspecified atom stereocenters. The summed E-state index contributed by atoms with van der Waals surface area (Å²) >= 11 is 0. The van der Waals surface area contributed by atoms with Crippen molar-refractivity contribution in [2.24, 2.45) is 0 Å². The minimum Gasteiger partial charge on any atom is -0.504 e. The molecule has 1 saturated heterocycles. The van der Waals surface area contributed by atoms with E-state index in [0.29, 0.717) is 42.9 Å². The minimum atomic E-state index is -0.414. The van der Waals surface area contributed by atoms with Crippen LogP contribution < -0.4 is 10.1 Å². The van der Waals surface area contributed by atoms with Gasteiger partial charge in [-0.15, -0.1) is 6.58 Å². The van der Waals surface area contributed by atoms with E-state index in [1.165, 1.54) is 4.90 Å². The summed E-state index contributed by atoms with van der Waals surface area (Å²) in [5.74, 6) is 0.0531. The SMILES string of the molecule is C=CCc1cc(/C=C2/NC(=O)N(CCC)C2=O)cc(OCC)c1O. The van der Waals surface area contributed by atoms with E-state index in [1.807, 2.05) is 13.8 Å². The molecule has 6 nitrogen and oxygen atoms in total. The largest absolute Gasteiger partial charge is 0.504 e. The topological polar surface area (TPSA) is 78.9 Å². The molecule has 0 bridgehead atoms. The zero-order valence-corrected chi connectivity index (χ0v) is 14.0. The van der Waals surface area contributed by atoms with Crippen LogP contribution in [0.25, 0.3) is 6.08 Å². The predicted octanol–water partition coefficient (Wildman–Crippen LogP) is 2.82. The number of carbonyl (C=O) groups excluding carboxylic acids is 2. The Morgan fingerprint density at radius 2 is 2.08 bits per heavy atom. The van der Waals surface area contributed by atoms with E-state index in [4.69, 9.17) is 4.74 Å². The number of hydrogen-bond donors (Lipinski definition) is 2. The summed E-state index contributed by atoms with van der Waals surface area (Å²) in [5.41, 5.74) is 1.52. The lowest BCUT2D eigenvalue weighted by Crippen LogP contribution is -2.31. The molecule has 0 saturated carbocycles. The highest BCUT2D eigenvalue weighted by atomic mass is 16.5. The molecule has 128 valence electrons. The van der Waals surface area contributed by atoms with Crippen molar-refractivity contribution in [1.29, 1.82) is 0 Å². The Morgan fingerprint density at radius 1 is 1.33 bits per heavy atom. The lowest BCUT2D eigenvalue weighted by molar-refractivity contribution is -0.122. The number of phenols is 1. The first kappa shape index (κ1) is 17.6. The highest BCUT2D eigenvalue weighted by molar-refractivity contribution is 6.14. The molecule has 0 aromatic heterocycles. The van der Waals surface area contributed by atoms with Gasteiger partial charge >= 0.3 is 6.03 Å². The molecule has 2 rings (SSSR count). The van der Waals surface area contributed by atoms with Crippen LogP contribution in [0, 0.1) is 0 Å². The molecule has 1 aliphatic rings. The van der Waals surface area contributed by atoms with Crippen LogP contribution in [-0.2, 0) is 11.2 Å². The molecule has 3 amide bonds. The molecule has 2 N–H and O–H groups in total. The number of nitrogens with one attached hydrogen (secondary N) is 1. The second-order valence-corrected chi connectivity index (χ2v) is 5.40. The van der Waals surface area contributed by atoms with Gasteiger partial charge in [-0.05, 0) is 43.5 Å². The summed E-state index contributed by atoms with van der Waals surface area (Å²) in [4.78, 5) is 25.3. The number of phenolic OH excluding ortho intramolecular Hbond substituents is 1. The molecule has 1 aromatic rings. The first-order valence-electron chi connectivity index (χ1n) is 7.95. The van der Waals surface area contributed by atoms with Crippen molar-refractivity contribution < 1.29 is 19.4 Å². The third-order valence-electron chi connectivity index (χ3n) is 3.56. The fourth-order valence-electron chi connectivity index (χ4n) is 2.51. The third-order valence-corrected chi connectivity index (χ3v) is 3.56. The van der Waals surface area contributed by atoms with Gasteiger partial charge in [-0.1, -0.05) is 13.0 Å². The Kier molecular flexibility index (Phi) is 5.63. The molecule has 24 heavy (non-hydrogen) atoms. The molecular weight excluding hydrogens is 308 g/mol.